The second kappa shape index (κ2) is 5.67. The Kier molecular flexibility index (Phi) is 3.93. The van der Waals surface area contributed by atoms with Crippen molar-refractivity contribution in [1.82, 2.24) is 14.9 Å². The Morgan fingerprint density at radius 2 is 2.05 bits per heavy atom. The van der Waals surface area contributed by atoms with Crippen LogP contribution in [-0.2, 0) is 0 Å². The molecule has 2 saturated heterocycles. The average Bonchev–Trinajstić information content (AvgIpc) is 2.68. The second-order valence-corrected chi connectivity index (χ2v) is 6.54. The van der Waals surface area contributed by atoms with Crippen molar-refractivity contribution < 1.29 is 0 Å². The molecule has 0 spiro atoms. The van der Waals surface area contributed by atoms with Crippen LogP contribution in [0.2, 0.25) is 0 Å². The summed E-state index contributed by atoms with van der Waals surface area (Å²) in [4.78, 5) is 11.1. The van der Waals surface area contributed by atoms with E-state index in [1.165, 1.54) is 25.7 Å². The smallest absolute Gasteiger partial charge is 0.130 e. The number of piperidine rings is 1. The molecule has 0 radical (unpaired) electrons. The maximum absolute atomic E-state index is 4.29. The number of fused-ring (bicyclic) bond motifs is 2. The molecule has 19 heavy (non-hydrogen) atoms. The molecule has 0 aliphatic carbocycles. The molecule has 3 heterocycles. The minimum atomic E-state index is 0.793. The monoisotopic (exact) mass is 278 g/mol. The molecular formula is C14H22N4S. The van der Waals surface area contributed by atoms with E-state index in [9.17, 15) is 0 Å². The van der Waals surface area contributed by atoms with Crippen LogP contribution in [0.25, 0.3) is 0 Å². The van der Waals surface area contributed by atoms with Gasteiger partial charge < -0.3 is 10.2 Å². The molecule has 0 aromatic carbocycles. The molecule has 2 bridgehead atoms. The van der Waals surface area contributed by atoms with Crippen LogP contribution in [-0.4, -0.2) is 46.8 Å². The lowest BCUT2D eigenvalue weighted by atomic mass is 9.91. The molecule has 2 aliphatic heterocycles. The fourth-order valence-electron chi connectivity index (χ4n) is 3.49. The van der Waals surface area contributed by atoms with Crippen LogP contribution in [0.15, 0.2) is 17.4 Å². The summed E-state index contributed by atoms with van der Waals surface area (Å²) in [5.74, 6) is 1.76. The molecule has 1 aromatic heterocycles. The van der Waals surface area contributed by atoms with E-state index < -0.39 is 0 Å². The number of nitrogens with one attached hydrogen (secondary N) is 1. The van der Waals surface area contributed by atoms with E-state index in [1.54, 1.807) is 18.1 Å². The Hall–Kier alpha value is -0.810. The number of nitrogens with zero attached hydrogens (tertiary/aromatic N) is 3. The van der Waals surface area contributed by atoms with E-state index in [1.807, 2.05) is 12.3 Å². The van der Waals surface area contributed by atoms with Gasteiger partial charge in [0.25, 0.3) is 0 Å². The van der Waals surface area contributed by atoms with Crippen molar-refractivity contribution in [2.45, 2.75) is 42.8 Å². The van der Waals surface area contributed by atoms with Gasteiger partial charge in [-0.05, 0) is 44.9 Å². The molecule has 0 saturated carbocycles. The third-order valence-electron chi connectivity index (χ3n) is 4.62. The van der Waals surface area contributed by atoms with Gasteiger partial charge in [0.15, 0.2) is 0 Å². The summed E-state index contributed by atoms with van der Waals surface area (Å²) in [6, 6.07) is 3.67. The molecule has 5 heteroatoms. The fraction of sp³-hybridized carbons (Fsp3) is 0.714. The maximum Gasteiger partial charge on any atom is 0.130 e. The first-order valence-corrected chi connectivity index (χ1v) is 8.30. The Labute approximate surface area is 119 Å². The van der Waals surface area contributed by atoms with E-state index in [0.29, 0.717) is 0 Å². The van der Waals surface area contributed by atoms with Gasteiger partial charge in [0, 0.05) is 24.7 Å². The first-order valence-electron chi connectivity index (χ1n) is 7.08. The fourth-order valence-corrected chi connectivity index (χ4v) is 3.87. The normalized spacial score (nSPS) is 30.5. The molecule has 2 atom stereocenters. The predicted molar refractivity (Wildman–Crippen MR) is 79.6 cm³/mol. The van der Waals surface area contributed by atoms with E-state index in [4.69, 9.17) is 0 Å². The van der Waals surface area contributed by atoms with Crippen molar-refractivity contribution in [2.75, 3.05) is 25.2 Å². The van der Waals surface area contributed by atoms with Crippen molar-refractivity contribution in [3.63, 3.8) is 0 Å². The van der Waals surface area contributed by atoms with Crippen molar-refractivity contribution in [1.29, 1.82) is 0 Å². The lowest BCUT2D eigenvalue weighted by molar-refractivity contribution is 0.139. The second-order valence-electron chi connectivity index (χ2n) is 5.71. The van der Waals surface area contributed by atoms with E-state index >= 15 is 0 Å². The Morgan fingerprint density at radius 1 is 1.32 bits per heavy atom. The number of thioether (sulfide) groups is 1. The van der Waals surface area contributed by atoms with Gasteiger partial charge in [-0.1, -0.05) is 0 Å². The van der Waals surface area contributed by atoms with E-state index in [0.717, 1.165) is 35.4 Å². The molecule has 0 amide bonds. The molecular weight excluding hydrogens is 256 g/mol. The van der Waals surface area contributed by atoms with Crippen LogP contribution in [0, 0.1) is 5.92 Å². The minimum absolute atomic E-state index is 0.793. The molecule has 4 nitrogen and oxygen atoms in total. The number of hydrogen-bond donors (Lipinski definition) is 1. The minimum Gasteiger partial charge on any atom is -0.370 e. The molecule has 1 N–H and O–H groups in total. The number of aromatic nitrogens is 2. The molecule has 104 valence electrons. The summed E-state index contributed by atoms with van der Waals surface area (Å²) >= 11 is 1.66. The van der Waals surface area contributed by atoms with Gasteiger partial charge in [0.05, 0.1) is 0 Å². The van der Waals surface area contributed by atoms with Crippen molar-refractivity contribution >= 4 is 17.6 Å². The molecule has 2 fully saturated rings. The number of rotatable bonds is 4. The van der Waals surface area contributed by atoms with Crippen LogP contribution < -0.4 is 5.32 Å². The SMILES string of the molecule is CSc1cc(NCC2CC3CCC(C2)N3C)ncn1. The largest absolute Gasteiger partial charge is 0.370 e. The lowest BCUT2D eigenvalue weighted by Gasteiger charge is -2.36. The van der Waals surface area contributed by atoms with Crippen LogP contribution in [0.3, 0.4) is 0 Å². The van der Waals surface area contributed by atoms with Gasteiger partial charge in [-0.2, -0.15) is 0 Å². The zero-order chi connectivity index (χ0) is 13.2. The third kappa shape index (κ3) is 2.87. The molecule has 2 unspecified atom stereocenters. The molecule has 3 rings (SSSR count). The molecule has 2 aliphatic rings. The highest BCUT2D eigenvalue weighted by Gasteiger charge is 2.38. The van der Waals surface area contributed by atoms with Gasteiger partial charge in [-0.3, -0.25) is 0 Å². The first-order chi connectivity index (χ1) is 9.26. The summed E-state index contributed by atoms with van der Waals surface area (Å²) in [6.45, 7) is 1.05. The van der Waals surface area contributed by atoms with Gasteiger partial charge in [-0.25, -0.2) is 9.97 Å². The third-order valence-corrected chi connectivity index (χ3v) is 5.26. The van der Waals surface area contributed by atoms with Crippen molar-refractivity contribution in [3.8, 4) is 0 Å². The topological polar surface area (TPSA) is 41.0 Å². The first kappa shape index (κ1) is 13.2. The van der Waals surface area contributed by atoms with Crippen molar-refractivity contribution in [3.05, 3.63) is 12.4 Å². The quantitative estimate of drug-likeness (QED) is 0.677. The standard InChI is InChI=1S/C14H22N4S/c1-18-11-3-4-12(18)6-10(5-11)8-15-13-7-14(19-2)17-9-16-13/h7,9-12H,3-6,8H2,1-2H3,(H,15,16,17). The number of anilines is 1. The van der Waals surface area contributed by atoms with E-state index in [-0.39, 0.29) is 0 Å². The highest BCUT2D eigenvalue weighted by Crippen LogP contribution is 2.37. The average molecular weight is 278 g/mol. The van der Waals surface area contributed by atoms with Gasteiger partial charge in [-0.15, -0.1) is 11.8 Å². The van der Waals surface area contributed by atoms with Crippen molar-refractivity contribution in [2.24, 2.45) is 5.92 Å². The Balaban J connectivity index is 1.55. The zero-order valence-corrected chi connectivity index (χ0v) is 12.5. The zero-order valence-electron chi connectivity index (χ0n) is 11.7. The summed E-state index contributed by atoms with van der Waals surface area (Å²) in [5.41, 5.74) is 0. The predicted octanol–water partition coefficient (Wildman–Crippen LogP) is 2.48. The molecule has 1 aromatic rings. The van der Waals surface area contributed by atoms with Crippen LogP contribution >= 0.6 is 11.8 Å². The van der Waals surface area contributed by atoms with Gasteiger partial charge >= 0.3 is 0 Å². The highest BCUT2D eigenvalue weighted by molar-refractivity contribution is 7.98. The van der Waals surface area contributed by atoms with Crippen LogP contribution in [0.5, 0.6) is 0 Å². The lowest BCUT2D eigenvalue weighted by Crippen LogP contribution is -2.41. The summed E-state index contributed by atoms with van der Waals surface area (Å²) < 4.78 is 0. The van der Waals surface area contributed by atoms with Gasteiger partial charge in [0.1, 0.15) is 17.2 Å². The summed E-state index contributed by atoms with van der Waals surface area (Å²) in [7, 11) is 2.29. The van der Waals surface area contributed by atoms with Gasteiger partial charge in [0.2, 0.25) is 0 Å². The highest BCUT2D eigenvalue weighted by atomic mass is 32.2. The number of hydrogen-bond acceptors (Lipinski definition) is 5. The van der Waals surface area contributed by atoms with E-state index in [2.05, 4.69) is 27.2 Å². The Morgan fingerprint density at radius 3 is 2.74 bits per heavy atom. The van der Waals surface area contributed by atoms with Crippen LogP contribution in [0.1, 0.15) is 25.7 Å². The Bertz CT molecular complexity index is 425. The summed E-state index contributed by atoms with van der Waals surface area (Å²) in [6.07, 6.45) is 9.14. The summed E-state index contributed by atoms with van der Waals surface area (Å²) in [5, 5.41) is 4.52. The maximum atomic E-state index is 4.29. The van der Waals surface area contributed by atoms with Crippen LogP contribution in [0.4, 0.5) is 5.82 Å².